The zero-order valence-electron chi connectivity index (χ0n) is 21.1. The fourth-order valence-corrected chi connectivity index (χ4v) is 4.49. The maximum absolute atomic E-state index is 12.6. The third-order valence-electron chi connectivity index (χ3n) is 6.63. The lowest BCUT2D eigenvalue weighted by atomic mass is 9.97. The lowest BCUT2D eigenvalue weighted by Crippen LogP contribution is -2.37. The first kappa shape index (κ1) is 25.8. The van der Waals surface area contributed by atoms with Gasteiger partial charge < -0.3 is 15.0 Å². The van der Waals surface area contributed by atoms with Crippen molar-refractivity contribution in [2.45, 2.75) is 19.0 Å². The number of methoxy groups -OCH3 is 1. The van der Waals surface area contributed by atoms with E-state index in [1.165, 1.54) is 11.8 Å². The molecular formula is C29H30N6O2. The van der Waals surface area contributed by atoms with Gasteiger partial charge >= 0.3 is 0 Å². The Bertz CT molecular complexity index is 1310. The van der Waals surface area contributed by atoms with Crippen molar-refractivity contribution in [2.24, 2.45) is 0 Å². The Morgan fingerprint density at radius 1 is 1.16 bits per heavy atom. The summed E-state index contributed by atoms with van der Waals surface area (Å²) in [5.74, 6) is -0.175. The molecule has 1 aromatic heterocycles. The van der Waals surface area contributed by atoms with Crippen LogP contribution in [0, 0.1) is 22.7 Å². The molecule has 1 atom stereocenters. The summed E-state index contributed by atoms with van der Waals surface area (Å²) in [4.78, 5) is 21.1. The molecule has 4 rings (SSSR count). The smallest absolute Gasteiger partial charge is 0.253 e. The second kappa shape index (κ2) is 12.1. The highest BCUT2D eigenvalue weighted by atomic mass is 16.5. The summed E-state index contributed by atoms with van der Waals surface area (Å²) in [6.07, 6.45) is 2.30. The highest BCUT2D eigenvalue weighted by Gasteiger charge is 2.25. The van der Waals surface area contributed by atoms with Gasteiger partial charge in [0.05, 0.1) is 23.8 Å². The van der Waals surface area contributed by atoms with Gasteiger partial charge in [-0.05, 0) is 59.5 Å². The Morgan fingerprint density at radius 2 is 1.97 bits per heavy atom. The molecule has 1 amide bonds. The number of nitrogens with zero attached hydrogens (tertiary/aromatic N) is 5. The van der Waals surface area contributed by atoms with Gasteiger partial charge in [-0.2, -0.15) is 10.5 Å². The summed E-state index contributed by atoms with van der Waals surface area (Å²) in [7, 11) is 3.75. The van der Waals surface area contributed by atoms with Gasteiger partial charge in [0.25, 0.3) is 5.91 Å². The minimum absolute atomic E-state index is 0.0426. The van der Waals surface area contributed by atoms with Gasteiger partial charge in [0.1, 0.15) is 11.8 Å². The molecule has 1 aliphatic rings. The number of carbonyl (C=O) groups excluding carboxylic acids is 1. The fourth-order valence-electron chi connectivity index (χ4n) is 4.49. The standard InChI is InChI=1S/C29H30N6O2/c1-34(13-14-37-2)27-10-8-24(28(15-27)22-5-3-21(16-30)4-6-22)19-35-12-11-26(20-35)33-29(36)23-7-9-25(17-31)32-18-23/h3-10,15,18,26H,11-14,19-20H2,1-2H3,(H,33,36)/t26-/m1/s1. The molecule has 0 saturated carbocycles. The highest BCUT2D eigenvalue weighted by molar-refractivity contribution is 5.94. The molecule has 3 aromatic rings. The topological polar surface area (TPSA) is 105 Å². The van der Waals surface area contributed by atoms with Crippen LogP contribution in [0.3, 0.4) is 0 Å². The number of anilines is 1. The molecule has 0 bridgehead atoms. The van der Waals surface area contributed by atoms with E-state index in [1.54, 1.807) is 19.2 Å². The van der Waals surface area contributed by atoms with Gasteiger partial charge in [0.15, 0.2) is 0 Å². The molecule has 0 radical (unpaired) electrons. The van der Waals surface area contributed by atoms with E-state index in [-0.39, 0.29) is 17.6 Å². The third kappa shape index (κ3) is 6.50. The molecule has 0 unspecified atom stereocenters. The van der Waals surface area contributed by atoms with E-state index < -0.39 is 0 Å². The van der Waals surface area contributed by atoms with Gasteiger partial charge in [-0.25, -0.2) is 4.98 Å². The highest BCUT2D eigenvalue weighted by Crippen LogP contribution is 2.30. The van der Waals surface area contributed by atoms with Crippen molar-refractivity contribution in [3.63, 3.8) is 0 Å². The average Bonchev–Trinajstić information content (AvgIpc) is 3.38. The monoisotopic (exact) mass is 494 g/mol. The SMILES string of the molecule is COCCN(C)c1ccc(CN2CC[C@@H](NC(=O)c3ccc(C#N)nc3)C2)c(-c2ccc(C#N)cc2)c1. The molecule has 1 fully saturated rings. The number of hydrogen-bond donors (Lipinski definition) is 1. The van der Waals surface area contributed by atoms with Crippen molar-refractivity contribution in [3.8, 4) is 23.3 Å². The second-order valence-electron chi connectivity index (χ2n) is 9.18. The molecule has 1 saturated heterocycles. The number of likely N-dealkylation sites (N-methyl/N-ethyl adjacent to an activating group) is 1. The molecule has 2 heterocycles. The molecule has 0 spiro atoms. The molecule has 1 aliphatic heterocycles. The Labute approximate surface area is 217 Å². The van der Waals surface area contributed by atoms with E-state index in [2.05, 4.69) is 44.4 Å². The van der Waals surface area contributed by atoms with Gasteiger partial charge in [-0.3, -0.25) is 9.69 Å². The van der Waals surface area contributed by atoms with Crippen molar-refractivity contribution in [1.29, 1.82) is 10.5 Å². The largest absolute Gasteiger partial charge is 0.383 e. The Balaban J connectivity index is 1.48. The summed E-state index contributed by atoms with van der Waals surface area (Å²) in [6, 6.07) is 21.5. The summed E-state index contributed by atoms with van der Waals surface area (Å²) in [5, 5.41) is 21.2. The lowest BCUT2D eigenvalue weighted by molar-refractivity contribution is 0.0937. The first-order chi connectivity index (χ1) is 18.0. The quantitative estimate of drug-likeness (QED) is 0.485. The number of rotatable bonds is 9. The predicted molar refractivity (Wildman–Crippen MR) is 142 cm³/mol. The van der Waals surface area contributed by atoms with Crippen molar-refractivity contribution < 1.29 is 9.53 Å². The molecular weight excluding hydrogens is 464 g/mol. The number of pyridine rings is 1. The Hall–Kier alpha value is -4.24. The van der Waals surface area contributed by atoms with Crippen LogP contribution in [0.2, 0.25) is 0 Å². The van der Waals surface area contributed by atoms with Crippen LogP contribution < -0.4 is 10.2 Å². The maximum atomic E-state index is 12.6. The Kier molecular flexibility index (Phi) is 8.48. The summed E-state index contributed by atoms with van der Waals surface area (Å²) < 4.78 is 5.24. The molecule has 8 heteroatoms. The van der Waals surface area contributed by atoms with E-state index in [0.29, 0.717) is 17.7 Å². The molecule has 1 N–H and O–H groups in total. The number of ether oxygens (including phenoxy) is 1. The minimum atomic E-state index is -0.175. The van der Waals surface area contributed by atoms with Crippen LogP contribution in [0.1, 0.15) is 33.6 Å². The summed E-state index contributed by atoms with van der Waals surface area (Å²) in [5.41, 5.74) is 5.86. The molecule has 0 aliphatic carbocycles. The van der Waals surface area contributed by atoms with Crippen LogP contribution >= 0.6 is 0 Å². The zero-order valence-corrected chi connectivity index (χ0v) is 21.1. The van der Waals surface area contributed by atoms with Gasteiger partial charge in [0, 0.05) is 58.3 Å². The Morgan fingerprint density at radius 3 is 2.65 bits per heavy atom. The fraction of sp³-hybridized carbons (Fsp3) is 0.310. The van der Waals surface area contributed by atoms with E-state index in [4.69, 9.17) is 10.00 Å². The van der Waals surface area contributed by atoms with Crippen LogP contribution in [-0.2, 0) is 11.3 Å². The number of nitriles is 2. The number of hydrogen-bond acceptors (Lipinski definition) is 7. The van der Waals surface area contributed by atoms with Crippen LogP contribution in [0.15, 0.2) is 60.8 Å². The van der Waals surface area contributed by atoms with Gasteiger partial charge in [-0.15, -0.1) is 0 Å². The summed E-state index contributed by atoms with van der Waals surface area (Å²) in [6.45, 7) is 3.80. The lowest BCUT2D eigenvalue weighted by Gasteiger charge is -2.23. The predicted octanol–water partition coefficient (Wildman–Crippen LogP) is 3.58. The van der Waals surface area contributed by atoms with E-state index >= 15 is 0 Å². The van der Waals surface area contributed by atoms with E-state index in [9.17, 15) is 10.1 Å². The van der Waals surface area contributed by atoms with Crippen molar-refractivity contribution in [3.05, 3.63) is 83.2 Å². The maximum Gasteiger partial charge on any atom is 0.253 e. The number of carbonyl (C=O) groups is 1. The van der Waals surface area contributed by atoms with E-state index in [0.717, 1.165) is 49.4 Å². The minimum Gasteiger partial charge on any atom is -0.383 e. The van der Waals surface area contributed by atoms with Crippen molar-refractivity contribution >= 4 is 11.6 Å². The van der Waals surface area contributed by atoms with Gasteiger partial charge in [0.2, 0.25) is 0 Å². The second-order valence-corrected chi connectivity index (χ2v) is 9.18. The first-order valence-corrected chi connectivity index (χ1v) is 12.2. The number of likely N-dealkylation sites (tertiary alicyclic amines) is 1. The number of amides is 1. The van der Waals surface area contributed by atoms with Crippen molar-refractivity contribution in [2.75, 3.05) is 45.3 Å². The first-order valence-electron chi connectivity index (χ1n) is 12.2. The molecule has 8 nitrogen and oxygen atoms in total. The molecule has 2 aromatic carbocycles. The zero-order chi connectivity index (χ0) is 26.2. The average molecular weight is 495 g/mol. The number of nitrogens with one attached hydrogen (secondary N) is 1. The normalized spacial score (nSPS) is 15.1. The van der Waals surface area contributed by atoms with Crippen LogP contribution in [-0.4, -0.2) is 62.2 Å². The summed E-state index contributed by atoms with van der Waals surface area (Å²) >= 11 is 0. The van der Waals surface area contributed by atoms with Crippen LogP contribution in [0.25, 0.3) is 11.1 Å². The van der Waals surface area contributed by atoms with Crippen LogP contribution in [0.4, 0.5) is 5.69 Å². The van der Waals surface area contributed by atoms with E-state index in [1.807, 2.05) is 37.4 Å². The van der Waals surface area contributed by atoms with Crippen LogP contribution in [0.5, 0.6) is 0 Å². The molecule has 37 heavy (non-hydrogen) atoms. The molecule has 188 valence electrons. The number of aromatic nitrogens is 1. The van der Waals surface area contributed by atoms with Crippen molar-refractivity contribution in [1.82, 2.24) is 15.2 Å². The number of benzene rings is 2. The third-order valence-corrected chi connectivity index (χ3v) is 6.63. The van der Waals surface area contributed by atoms with Gasteiger partial charge in [-0.1, -0.05) is 18.2 Å².